The number of H-pyrrole nitrogens is 1. The first-order valence-corrected chi connectivity index (χ1v) is 6.64. The van der Waals surface area contributed by atoms with Crippen molar-refractivity contribution in [2.75, 3.05) is 19.0 Å². The molecule has 0 bridgehead atoms. The predicted molar refractivity (Wildman–Crippen MR) is 84.0 cm³/mol. The van der Waals surface area contributed by atoms with Crippen LogP contribution in [0.25, 0.3) is 6.08 Å². The molecule has 0 radical (unpaired) electrons. The lowest BCUT2D eigenvalue weighted by Crippen LogP contribution is -2.14. The summed E-state index contributed by atoms with van der Waals surface area (Å²) >= 11 is 0. The molecule has 0 unspecified atom stereocenters. The third kappa shape index (κ3) is 3.62. The van der Waals surface area contributed by atoms with E-state index in [0.29, 0.717) is 16.8 Å². The molecule has 1 aromatic heterocycles. The number of nitrogens with zero attached hydrogens (tertiary/aromatic N) is 1. The number of carbonyl (C=O) groups is 2. The molecule has 0 spiro atoms. The van der Waals surface area contributed by atoms with Crippen LogP contribution in [-0.2, 0) is 4.79 Å². The largest absolute Gasteiger partial charge is 0.378 e. The Labute approximate surface area is 128 Å². The van der Waals surface area contributed by atoms with Crippen LogP contribution in [0, 0.1) is 0 Å². The van der Waals surface area contributed by atoms with Crippen molar-refractivity contribution in [3.05, 3.63) is 59.4 Å². The lowest BCUT2D eigenvalue weighted by Gasteiger charge is -2.12. The number of anilines is 1. The molecule has 6 heteroatoms. The Morgan fingerprint density at radius 3 is 2.45 bits per heavy atom. The first-order chi connectivity index (χ1) is 10.5. The number of hydrogen-bond donors (Lipinski definition) is 3. The topological polar surface area (TPSA) is 85.4 Å². The summed E-state index contributed by atoms with van der Waals surface area (Å²) in [7, 11) is 3.87. The molecule has 0 saturated heterocycles. The van der Waals surface area contributed by atoms with Crippen LogP contribution in [0.3, 0.4) is 0 Å². The maximum atomic E-state index is 12.4. The van der Waals surface area contributed by atoms with Crippen molar-refractivity contribution in [3.8, 4) is 0 Å². The Bertz CT molecular complexity index is 700. The van der Waals surface area contributed by atoms with Gasteiger partial charge in [-0.2, -0.15) is 0 Å². The number of rotatable bonds is 5. The maximum Gasteiger partial charge on any atom is 0.267 e. The number of aromatic nitrogens is 1. The number of benzene rings is 1. The van der Waals surface area contributed by atoms with E-state index in [9.17, 15) is 9.59 Å². The van der Waals surface area contributed by atoms with Gasteiger partial charge in [-0.3, -0.25) is 14.8 Å². The molecule has 2 aromatic rings. The van der Waals surface area contributed by atoms with Crippen molar-refractivity contribution in [3.63, 3.8) is 0 Å². The second-order valence-corrected chi connectivity index (χ2v) is 4.92. The van der Waals surface area contributed by atoms with Crippen molar-refractivity contribution < 1.29 is 14.8 Å². The van der Waals surface area contributed by atoms with Gasteiger partial charge in [-0.15, -0.1) is 0 Å². The number of amides is 1. The minimum Gasteiger partial charge on any atom is -0.378 e. The molecule has 114 valence electrons. The van der Waals surface area contributed by atoms with Gasteiger partial charge in [-0.05, 0) is 36.4 Å². The van der Waals surface area contributed by atoms with Crippen LogP contribution in [0.2, 0.25) is 0 Å². The van der Waals surface area contributed by atoms with Crippen molar-refractivity contribution in [1.82, 2.24) is 10.5 Å². The van der Waals surface area contributed by atoms with Crippen molar-refractivity contribution in [2.24, 2.45) is 0 Å². The molecule has 1 aromatic carbocycles. The van der Waals surface area contributed by atoms with E-state index in [-0.39, 0.29) is 5.78 Å². The smallest absolute Gasteiger partial charge is 0.267 e. The van der Waals surface area contributed by atoms with Gasteiger partial charge in [0.05, 0.1) is 0 Å². The van der Waals surface area contributed by atoms with Gasteiger partial charge in [0.25, 0.3) is 5.91 Å². The van der Waals surface area contributed by atoms with Crippen LogP contribution in [0.1, 0.15) is 21.6 Å². The van der Waals surface area contributed by atoms with Gasteiger partial charge in [-0.25, -0.2) is 5.48 Å². The van der Waals surface area contributed by atoms with Gasteiger partial charge in [0.1, 0.15) is 0 Å². The minimum absolute atomic E-state index is 0.104. The molecule has 6 nitrogen and oxygen atoms in total. The Balaban J connectivity index is 2.14. The quantitative estimate of drug-likeness (QED) is 0.340. The Hall–Kier alpha value is -2.86. The number of nitrogens with one attached hydrogen (secondary N) is 2. The molecule has 0 saturated carbocycles. The summed E-state index contributed by atoms with van der Waals surface area (Å²) in [5, 5.41) is 8.40. The first kappa shape index (κ1) is 15.5. The lowest BCUT2D eigenvalue weighted by molar-refractivity contribution is -0.124. The molecule has 1 heterocycles. The van der Waals surface area contributed by atoms with Gasteiger partial charge in [-0.1, -0.05) is 0 Å². The maximum absolute atomic E-state index is 12.4. The number of hydroxylamine groups is 1. The van der Waals surface area contributed by atoms with E-state index in [1.165, 1.54) is 11.6 Å². The molecule has 0 atom stereocenters. The molecular weight excluding hydrogens is 282 g/mol. The van der Waals surface area contributed by atoms with Gasteiger partial charge >= 0.3 is 0 Å². The number of ketones is 1. The Morgan fingerprint density at radius 1 is 1.18 bits per heavy atom. The molecule has 3 N–H and O–H groups in total. The third-order valence-electron chi connectivity index (χ3n) is 3.14. The zero-order valence-electron chi connectivity index (χ0n) is 12.3. The lowest BCUT2D eigenvalue weighted by atomic mass is 10.1. The van der Waals surface area contributed by atoms with Crippen LogP contribution in [-0.4, -0.2) is 36.0 Å². The highest BCUT2D eigenvalue weighted by atomic mass is 16.5. The third-order valence-corrected chi connectivity index (χ3v) is 3.14. The highest BCUT2D eigenvalue weighted by Gasteiger charge is 2.11. The van der Waals surface area contributed by atoms with Crippen LogP contribution in [0.5, 0.6) is 0 Å². The Morgan fingerprint density at radius 2 is 1.86 bits per heavy atom. The summed E-state index contributed by atoms with van der Waals surface area (Å²) in [5.74, 6) is -0.741. The van der Waals surface area contributed by atoms with E-state index < -0.39 is 5.91 Å². The molecule has 2 rings (SSSR count). The van der Waals surface area contributed by atoms with E-state index in [1.807, 2.05) is 31.1 Å². The molecule has 22 heavy (non-hydrogen) atoms. The Kier molecular flexibility index (Phi) is 4.75. The van der Waals surface area contributed by atoms with E-state index in [4.69, 9.17) is 5.21 Å². The minimum atomic E-state index is -0.637. The fraction of sp³-hybridized carbons (Fsp3) is 0.125. The SMILES string of the molecule is CN(C)c1ccc(C(=O)c2c[nH]c(C=CC(=O)NO)c2)cc1. The first-order valence-electron chi connectivity index (χ1n) is 6.64. The molecular formula is C16H17N3O3. The highest BCUT2D eigenvalue weighted by molar-refractivity contribution is 6.09. The van der Waals surface area contributed by atoms with Gasteiger partial charge in [0.15, 0.2) is 5.78 Å². The monoisotopic (exact) mass is 299 g/mol. The van der Waals surface area contributed by atoms with Crippen LogP contribution < -0.4 is 10.4 Å². The number of carbonyl (C=O) groups excluding carboxylic acids is 2. The van der Waals surface area contributed by atoms with Crippen molar-refractivity contribution in [1.29, 1.82) is 0 Å². The average Bonchev–Trinajstić information content (AvgIpc) is 3.00. The summed E-state index contributed by atoms with van der Waals surface area (Å²) in [6, 6.07) is 8.96. The van der Waals surface area contributed by atoms with Gasteiger partial charge < -0.3 is 9.88 Å². The molecule has 1 amide bonds. The molecule has 0 aliphatic rings. The molecule has 0 aliphatic carbocycles. The van der Waals surface area contributed by atoms with Crippen molar-refractivity contribution >= 4 is 23.5 Å². The summed E-state index contributed by atoms with van der Waals surface area (Å²) in [6.07, 6.45) is 4.21. The van der Waals surface area contributed by atoms with E-state index in [2.05, 4.69) is 4.98 Å². The summed E-state index contributed by atoms with van der Waals surface area (Å²) in [4.78, 5) is 28.1. The standard InChI is InChI=1S/C16H17N3O3/c1-19(2)14-6-3-11(4-7-14)16(21)12-9-13(17-10-12)5-8-15(20)18-22/h3-10,17,22H,1-2H3,(H,18,20). The van der Waals surface area contributed by atoms with E-state index >= 15 is 0 Å². The van der Waals surface area contributed by atoms with Gasteiger partial charge in [0.2, 0.25) is 0 Å². The van der Waals surface area contributed by atoms with Gasteiger partial charge in [0, 0.05) is 48.9 Å². The number of aromatic amines is 1. The summed E-state index contributed by atoms with van der Waals surface area (Å²) in [5.41, 5.74) is 4.20. The highest BCUT2D eigenvalue weighted by Crippen LogP contribution is 2.16. The number of hydrogen-bond acceptors (Lipinski definition) is 4. The summed E-state index contributed by atoms with van der Waals surface area (Å²) < 4.78 is 0. The zero-order valence-corrected chi connectivity index (χ0v) is 12.3. The fourth-order valence-corrected chi connectivity index (χ4v) is 1.92. The predicted octanol–water partition coefficient (Wildman–Crippen LogP) is 1.83. The summed E-state index contributed by atoms with van der Waals surface area (Å²) in [6.45, 7) is 0. The zero-order chi connectivity index (χ0) is 16.1. The van der Waals surface area contributed by atoms with Crippen LogP contribution in [0.15, 0.2) is 42.6 Å². The van der Waals surface area contributed by atoms with Crippen LogP contribution >= 0.6 is 0 Å². The second kappa shape index (κ2) is 6.73. The van der Waals surface area contributed by atoms with Crippen LogP contribution in [0.4, 0.5) is 5.69 Å². The van der Waals surface area contributed by atoms with E-state index in [1.54, 1.807) is 24.4 Å². The van der Waals surface area contributed by atoms with Crippen molar-refractivity contribution in [2.45, 2.75) is 0 Å². The normalized spacial score (nSPS) is 10.7. The molecule has 0 aliphatic heterocycles. The van der Waals surface area contributed by atoms with E-state index in [0.717, 1.165) is 11.8 Å². The average molecular weight is 299 g/mol. The molecule has 0 fully saturated rings. The second-order valence-electron chi connectivity index (χ2n) is 4.92. The fourth-order valence-electron chi connectivity index (χ4n) is 1.92.